The van der Waals surface area contributed by atoms with E-state index in [1.807, 2.05) is 13.8 Å². The van der Waals surface area contributed by atoms with Crippen molar-refractivity contribution < 1.29 is 37.2 Å². The summed E-state index contributed by atoms with van der Waals surface area (Å²) in [7, 11) is 0. The lowest BCUT2D eigenvalue weighted by molar-refractivity contribution is -0.316. The minimum Gasteiger partial charge on any atom is -0.378 e. The maximum atomic E-state index is 14.3. The van der Waals surface area contributed by atoms with E-state index in [0.717, 1.165) is 12.1 Å². The van der Waals surface area contributed by atoms with E-state index >= 15 is 0 Å². The summed E-state index contributed by atoms with van der Waals surface area (Å²) in [5.41, 5.74) is -0.895. The summed E-state index contributed by atoms with van der Waals surface area (Å²) in [6, 6.07) is 2.94. The highest BCUT2D eigenvalue weighted by Gasteiger charge is 2.52. The number of carbonyl (C=O) groups excluding carboxylic acids is 1. The molecule has 4 rings (SSSR count). The van der Waals surface area contributed by atoms with Crippen LogP contribution in [0, 0.1) is 11.3 Å². The Labute approximate surface area is 196 Å². The molecule has 3 aliphatic rings. The number of halogens is 4. The Morgan fingerprint density at radius 3 is 2.74 bits per heavy atom. The number of rotatable bonds is 5. The molecular weight excluding hydrogens is 456 g/mol. The van der Waals surface area contributed by atoms with Gasteiger partial charge in [0.15, 0.2) is 6.23 Å². The summed E-state index contributed by atoms with van der Waals surface area (Å²) in [4.78, 5) is 19.9. The van der Waals surface area contributed by atoms with Gasteiger partial charge in [0.1, 0.15) is 6.17 Å². The van der Waals surface area contributed by atoms with Gasteiger partial charge in [-0.2, -0.15) is 13.2 Å². The lowest BCUT2D eigenvalue weighted by Crippen LogP contribution is -2.52. The highest BCUT2D eigenvalue weighted by molar-refractivity contribution is 5.84. The minimum atomic E-state index is -4.55. The molecule has 1 aromatic rings. The second kappa shape index (κ2) is 9.72. The molecule has 0 aromatic heterocycles. The Kier molecular flexibility index (Phi) is 7.24. The van der Waals surface area contributed by atoms with E-state index in [-0.39, 0.29) is 42.6 Å². The van der Waals surface area contributed by atoms with Gasteiger partial charge in [0.05, 0.1) is 17.6 Å². The van der Waals surface area contributed by atoms with Crippen LogP contribution in [0.3, 0.4) is 0 Å². The quantitative estimate of drug-likeness (QED) is 0.363. The zero-order valence-electron chi connectivity index (χ0n) is 19.4. The molecule has 2 fully saturated rings. The highest BCUT2D eigenvalue weighted by Crippen LogP contribution is 2.48. The molecule has 1 saturated heterocycles. The van der Waals surface area contributed by atoms with E-state index in [0.29, 0.717) is 44.3 Å². The van der Waals surface area contributed by atoms with Crippen molar-refractivity contribution in [2.24, 2.45) is 11.3 Å². The minimum absolute atomic E-state index is 0.0568. The number of nitrogens with zero attached hydrogens (tertiary/aromatic N) is 1. The van der Waals surface area contributed by atoms with Crippen LogP contribution in [0.4, 0.5) is 17.6 Å². The van der Waals surface area contributed by atoms with E-state index in [9.17, 15) is 27.6 Å². The van der Waals surface area contributed by atoms with E-state index in [1.54, 1.807) is 0 Å². The molecule has 2 heterocycles. The average molecular weight is 489 g/mol. The summed E-state index contributed by atoms with van der Waals surface area (Å²) in [6.45, 7) is 4.66. The van der Waals surface area contributed by atoms with Gasteiger partial charge in [0.2, 0.25) is 5.91 Å². The Morgan fingerprint density at radius 2 is 2.09 bits per heavy atom. The molecule has 5 atom stereocenters. The molecule has 190 valence electrons. The molecule has 3 unspecified atom stereocenters. The zero-order chi connectivity index (χ0) is 24.7. The summed E-state index contributed by atoms with van der Waals surface area (Å²) < 4.78 is 59.3. The van der Waals surface area contributed by atoms with Gasteiger partial charge in [0.25, 0.3) is 0 Å². The van der Waals surface area contributed by atoms with E-state index < -0.39 is 29.6 Å². The Hall–Kier alpha value is -1.75. The molecule has 10 heteroatoms. The van der Waals surface area contributed by atoms with Crippen molar-refractivity contribution in [1.29, 1.82) is 0 Å². The second-order valence-electron chi connectivity index (χ2n) is 10.0. The van der Waals surface area contributed by atoms with Crippen molar-refractivity contribution in [2.75, 3.05) is 19.8 Å². The summed E-state index contributed by atoms with van der Waals surface area (Å²) >= 11 is 0. The van der Waals surface area contributed by atoms with Crippen molar-refractivity contribution in [2.45, 2.75) is 76.6 Å². The van der Waals surface area contributed by atoms with Crippen LogP contribution in [0.25, 0.3) is 0 Å². The third-order valence-electron chi connectivity index (χ3n) is 7.82. The normalized spacial score (nSPS) is 32.2. The number of benzene rings is 1. The van der Waals surface area contributed by atoms with Crippen LogP contribution in [-0.2, 0) is 27.0 Å². The fraction of sp³-hybridized carbons (Fsp3) is 0.708. The predicted octanol–water partition coefficient (Wildman–Crippen LogP) is 4.49. The van der Waals surface area contributed by atoms with Crippen molar-refractivity contribution >= 4 is 5.91 Å². The van der Waals surface area contributed by atoms with E-state index in [4.69, 9.17) is 4.74 Å². The first-order chi connectivity index (χ1) is 16.1. The van der Waals surface area contributed by atoms with Crippen LogP contribution in [-0.4, -0.2) is 54.1 Å². The third kappa shape index (κ3) is 4.69. The zero-order valence-corrected chi connectivity index (χ0v) is 19.4. The van der Waals surface area contributed by atoms with Crippen LogP contribution in [0.1, 0.15) is 62.4 Å². The van der Waals surface area contributed by atoms with Crippen molar-refractivity contribution in [3.8, 4) is 0 Å². The Balaban J connectivity index is 1.56. The number of amides is 1. The molecule has 0 bridgehead atoms. The first-order valence-electron chi connectivity index (χ1n) is 11.9. The summed E-state index contributed by atoms with van der Waals surface area (Å²) in [6.07, 6.45) is -4.32. The molecule has 2 N–H and O–H groups in total. The Bertz CT molecular complexity index is 896. The third-order valence-corrected chi connectivity index (χ3v) is 7.82. The Morgan fingerprint density at radius 1 is 1.32 bits per heavy atom. The lowest BCUT2D eigenvalue weighted by Gasteiger charge is -2.42. The maximum absolute atomic E-state index is 14.3. The van der Waals surface area contributed by atoms with Crippen LogP contribution in [0.5, 0.6) is 0 Å². The number of ether oxygens (including phenoxy) is 1. The largest absolute Gasteiger partial charge is 0.416 e. The maximum Gasteiger partial charge on any atom is 0.416 e. The molecule has 34 heavy (non-hydrogen) atoms. The van der Waals surface area contributed by atoms with Crippen LogP contribution in [0.15, 0.2) is 18.2 Å². The first kappa shape index (κ1) is 25.3. The highest BCUT2D eigenvalue weighted by atomic mass is 19.4. The van der Waals surface area contributed by atoms with E-state index in [1.165, 1.54) is 11.0 Å². The standard InChI is InChI=1S/C24H32F4N2O4/c1-14(2)23(8-5-17(12-23)29-20-7-10-33-13-19(20)25)22(31)30-9-6-15-3-4-16(24(26,27)28)11-18(15)21(30)34-32/h3-4,11,14,17,19-21,29,32H,5-10,12-13H2,1-2H3/t17-,19?,20?,21?,23+/m1/s1. The lowest BCUT2D eigenvalue weighted by atomic mass is 9.73. The van der Waals surface area contributed by atoms with Crippen LogP contribution < -0.4 is 5.32 Å². The molecule has 1 aliphatic carbocycles. The van der Waals surface area contributed by atoms with Crippen LogP contribution >= 0.6 is 0 Å². The van der Waals surface area contributed by atoms with Gasteiger partial charge in [0, 0.05) is 30.8 Å². The average Bonchev–Trinajstić information content (AvgIpc) is 3.23. The number of alkyl halides is 4. The van der Waals surface area contributed by atoms with Crippen LogP contribution in [0.2, 0.25) is 0 Å². The summed E-state index contributed by atoms with van der Waals surface area (Å²) in [5.74, 6) is -0.317. The van der Waals surface area contributed by atoms with Gasteiger partial charge < -0.3 is 15.0 Å². The van der Waals surface area contributed by atoms with Gasteiger partial charge in [-0.3, -0.25) is 4.79 Å². The number of hydrogen-bond donors (Lipinski definition) is 2. The van der Waals surface area contributed by atoms with E-state index in [2.05, 4.69) is 10.2 Å². The molecule has 0 radical (unpaired) electrons. The number of fused-ring (bicyclic) bond motifs is 1. The number of carbonyl (C=O) groups is 1. The van der Waals surface area contributed by atoms with Gasteiger partial charge in [-0.05, 0) is 55.7 Å². The number of hydrogen-bond acceptors (Lipinski definition) is 5. The molecule has 0 spiro atoms. The van der Waals surface area contributed by atoms with Gasteiger partial charge in [-0.25, -0.2) is 14.5 Å². The van der Waals surface area contributed by atoms with Gasteiger partial charge in [-0.15, -0.1) is 0 Å². The van der Waals surface area contributed by atoms with Crippen molar-refractivity contribution in [3.05, 3.63) is 34.9 Å². The topological polar surface area (TPSA) is 71.0 Å². The smallest absolute Gasteiger partial charge is 0.378 e. The predicted molar refractivity (Wildman–Crippen MR) is 115 cm³/mol. The molecule has 1 saturated carbocycles. The van der Waals surface area contributed by atoms with Crippen molar-refractivity contribution in [3.63, 3.8) is 0 Å². The first-order valence-corrected chi connectivity index (χ1v) is 11.9. The SMILES string of the molecule is CC(C)[C@]1(C(=O)N2CCc3ccc(C(F)(F)F)cc3C2OO)CC[C@@H](NC2CCOCC2F)C1. The number of nitrogens with one attached hydrogen (secondary N) is 1. The summed E-state index contributed by atoms with van der Waals surface area (Å²) in [5, 5.41) is 13.0. The molecular formula is C24H32F4N2O4. The van der Waals surface area contributed by atoms with Gasteiger partial charge in [-0.1, -0.05) is 19.9 Å². The fourth-order valence-electron chi connectivity index (χ4n) is 5.74. The monoisotopic (exact) mass is 488 g/mol. The fourth-order valence-corrected chi connectivity index (χ4v) is 5.74. The molecule has 1 amide bonds. The van der Waals surface area contributed by atoms with Gasteiger partial charge >= 0.3 is 6.18 Å². The molecule has 6 nitrogen and oxygen atoms in total. The second-order valence-corrected chi connectivity index (χ2v) is 10.0. The van der Waals surface area contributed by atoms with Crippen molar-refractivity contribution in [1.82, 2.24) is 10.2 Å². The molecule has 1 aromatic carbocycles. The molecule has 2 aliphatic heterocycles.